The van der Waals surface area contributed by atoms with E-state index >= 15 is 0 Å². The lowest BCUT2D eigenvalue weighted by atomic mass is 9.89. The number of benzene rings is 2. The standard InChI is InChI=1S/C30H37N3O2/c34-29(32-35)20-26(19-22-9-7-8-10-22)30-31-28(21-33(30)27-13-5-2-6-14-27)25-17-15-24(16-18-25)23-11-3-1-4-12-23/h1,3-4,11-12,15-18,21-22,26-27,35H,2,5-10,13-14,19-20H2,(H,32,34). The fraction of sp³-hybridized carbons (Fsp3) is 0.467. The van der Waals surface area contributed by atoms with Crippen molar-refractivity contribution < 1.29 is 10.0 Å². The molecule has 0 bridgehead atoms. The first-order valence-corrected chi connectivity index (χ1v) is 13.4. The molecule has 2 aliphatic rings. The molecule has 2 aromatic carbocycles. The van der Waals surface area contributed by atoms with Gasteiger partial charge in [0, 0.05) is 30.1 Å². The molecule has 2 saturated carbocycles. The smallest absolute Gasteiger partial charge is 0.244 e. The largest absolute Gasteiger partial charge is 0.331 e. The first-order valence-electron chi connectivity index (χ1n) is 13.4. The van der Waals surface area contributed by atoms with Crippen LogP contribution in [0.4, 0.5) is 0 Å². The van der Waals surface area contributed by atoms with E-state index in [4.69, 9.17) is 4.98 Å². The van der Waals surface area contributed by atoms with Crippen molar-refractivity contribution in [3.63, 3.8) is 0 Å². The topological polar surface area (TPSA) is 67.2 Å². The second-order valence-corrected chi connectivity index (χ2v) is 10.4. The summed E-state index contributed by atoms with van der Waals surface area (Å²) >= 11 is 0. The van der Waals surface area contributed by atoms with Crippen LogP contribution < -0.4 is 5.48 Å². The SMILES string of the molecule is O=C(CC(CC1CCCC1)c1nc(-c2ccc(-c3ccccc3)cc2)cn1C1CCCCC1)NO. The third kappa shape index (κ3) is 5.67. The van der Waals surface area contributed by atoms with Gasteiger partial charge >= 0.3 is 0 Å². The molecule has 0 radical (unpaired) electrons. The minimum absolute atomic E-state index is 0.0181. The second-order valence-electron chi connectivity index (χ2n) is 10.4. The molecule has 2 N–H and O–H groups in total. The van der Waals surface area contributed by atoms with Gasteiger partial charge in [-0.25, -0.2) is 10.5 Å². The number of rotatable bonds is 8. The Balaban J connectivity index is 1.49. The van der Waals surface area contributed by atoms with Crippen LogP contribution in [0.15, 0.2) is 60.8 Å². The molecule has 1 amide bonds. The molecule has 3 aromatic rings. The molecular formula is C30H37N3O2. The first kappa shape index (κ1) is 23.8. The molecule has 35 heavy (non-hydrogen) atoms. The minimum Gasteiger partial charge on any atom is -0.331 e. The van der Waals surface area contributed by atoms with E-state index in [1.165, 1.54) is 56.1 Å². The van der Waals surface area contributed by atoms with Crippen molar-refractivity contribution in [1.29, 1.82) is 0 Å². The van der Waals surface area contributed by atoms with Crippen molar-refractivity contribution >= 4 is 5.91 Å². The Kier molecular flexibility index (Phi) is 7.63. The van der Waals surface area contributed by atoms with Crippen LogP contribution in [0.3, 0.4) is 0 Å². The summed E-state index contributed by atoms with van der Waals surface area (Å²) in [6.07, 6.45) is 14.6. The summed E-state index contributed by atoms with van der Waals surface area (Å²) in [7, 11) is 0. The summed E-state index contributed by atoms with van der Waals surface area (Å²) < 4.78 is 2.39. The Bertz CT molecular complexity index is 1090. The van der Waals surface area contributed by atoms with E-state index in [-0.39, 0.29) is 18.2 Å². The van der Waals surface area contributed by atoms with Crippen LogP contribution in [0.25, 0.3) is 22.4 Å². The monoisotopic (exact) mass is 471 g/mol. The lowest BCUT2D eigenvalue weighted by Crippen LogP contribution is -2.25. The molecular weight excluding hydrogens is 434 g/mol. The summed E-state index contributed by atoms with van der Waals surface area (Å²) in [5.74, 6) is 1.36. The van der Waals surface area contributed by atoms with Crippen LogP contribution in [0, 0.1) is 5.92 Å². The van der Waals surface area contributed by atoms with Gasteiger partial charge in [0.1, 0.15) is 5.82 Å². The summed E-state index contributed by atoms with van der Waals surface area (Å²) in [5, 5.41) is 9.29. The second kappa shape index (κ2) is 11.2. The summed E-state index contributed by atoms with van der Waals surface area (Å²) in [6.45, 7) is 0. The molecule has 1 heterocycles. The van der Waals surface area contributed by atoms with E-state index in [0.717, 1.165) is 36.3 Å². The highest BCUT2D eigenvalue weighted by Gasteiger charge is 2.29. The Morgan fingerprint density at radius 2 is 1.51 bits per heavy atom. The van der Waals surface area contributed by atoms with Gasteiger partial charge in [-0.3, -0.25) is 10.0 Å². The predicted molar refractivity (Wildman–Crippen MR) is 139 cm³/mol. The van der Waals surface area contributed by atoms with Crippen molar-refractivity contribution in [2.75, 3.05) is 0 Å². The van der Waals surface area contributed by atoms with E-state index in [0.29, 0.717) is 12.0 Å². The molecule has 184 valence electrons. The number of amides is 1. The third-order valence-corrected chi connectivity index (χ3v) is 8.03. The zero-order valence-electron chi connectivity index (χ0n) is 20.5. The number of nitrogens with zero attached hydrogens (tertiary/aromatic N) is 2. The van der Waals surface area contributed by atoms with E-state index in [9.17, 15) is 10.0 Å². The zero-order valence-corrected chi connectivity index (χ0v) is 20.5. The number of hydrogen-bond acceptors (Lipinski definition) is 3. The Hall–Kier alpha value is -2.92. The molecule has 0 spiro atoms. The Labute approximate surface area is 208 Å². The highest BCUT2D eigenvalue weighted by atomic mass is 16.5. The number of hydroxylamine groups is 1. The van der Waals surface area contributed by atoms with Crippen LogP contribution in [0.5, 0.6) is 0 Å². The number of carbonyl (C=O) groups excluding carboxylic acids is 1. The van der Waals surface area contributed by atoms with Gasteiger partial charge in [0.05, 0.1) is 5.69 Å². The molecule has 2 aliphatic carbocycles. The molecule has 1 unspecified atom stereocenters. The maximum absolute atomic E-state index is 12.3. The normalized spacial score (nSPS) is 18.0. The van der Waals surface area contributed by atoms with Crippen LogP contribution in [-0.2, 0) is 4.79 Å². The van der Waals surface area contributed by atoms with Crippen molar-refractivity contribution in [3.05, 3.63) is 66.6 Å². The lowest BCUT2D eigenvalue weighted by Gasteiger charge is -2.28. The van der Waals surface area contributed by atoms with Crippen molar-refractivity contribution in [2.45, 2.75) is 82.6 Å². The fourth-order valence-electron chi connectivity index (χ4n) is 6.16. The van der Waals surface area contributed by atoms with E-state index in [2.05, 4.69) is 59.3 Å². The number of hydrogen-bond donors (Lipinski definition) is 2. The van der Waals surface area contributed by atoms with E-state index < -0.39 is 0 Å². The molecule has 5 rings (SSSR count). The summed E-state index contributed by atoms with van der Waals surface area (Å²) in [5.41, 5.74) is 6.36. The van der Waals surface area contributed by atoms with Crippen LogP contribution >= 0.6 is 0 Å². The number of imidazole rings is 1. The van der Waals surface area contributed by atoms with Crippen LogP contribution in [0.1, 0.15) is 88.4 Å². The van der Waals surface area contributed by atoms with Gasteiger partial charge in [-0.15, -0.1) is 0 Å². The highest BCUT2D eigenvalue weighted by molar-refractivity contribution is 5.75. The first-order chi connectivity index (χ1) is 17.2. The van der Waals surface area contributed by atoms with Gasteiger partial charge in [-0.1, -0.05) is 99.5 Å². The zero-order chi connectivity index (χ0) is 24.0. The van der Waals surface area contributed by atoms with Gasteiger partial charge in [0.2, 0.25) is 5.91 Å². The summed E-state index contributed by atoms with van der Waals surface area (Å²) in [4.78, 5) is 17.5. The number of aromatic nitrogens is 2. The number of nitrogens with one attached hydrogen (secondary N) is 1. The van der Waals surface area contributed by atoms with Crippen molar-refractivity contribution in [1.82, 2.24) is 15.0 Å². The molecule has 1 atom stereocenters. The Morgan fingerprint density at radius 3 is 2.20 bits per heavy atom. The third-order valence-electron chi connectivity index (χ3n) is 8.03. The van der Waals surface area contributed by atoms with Gasteiger partial charge in [-0.05, 0) is 36.3 Å². The van der Waals surface area contributed by atoms with E-state index in [1.54, 1.807) is 0 Å². The van der Waals surface area contributed by atoms with Gasteiger partial charge in [0.15, 0.2) is 0 Å². The summed E-state index contributed by atoms with van der Waals surface area (Å²) in [6, 6.07) is 19.5. The maximum Gasteiger partial charge on any atom is 0.244 e. The molecule has 5 heteroatoms. The van der Waals surface area contributed by atoms with Crippen LogP contribution in [0.2, 0.25) is 0 Å². The molecule has 5 nitrogen and oxygen atoms in total. The average molecular weight is 472 g/mol. The minimum atomic E-state index is -0.319. The molecule has 2 fully saturated rings. The molecule has 0 aliphatic heterocycles. The molecule has 0 saturated heterocycles. The highest BCUT2D eigenvalue weighted by Crippen LogP contribution is 2.39. The van der Waals surface area contributed by atoms with Gasteiger partial charge < -0.3 is 4.57 Å². The van der Waals surface area contributed by atoms with Crippen molar-refractivity contribution in [3.8, 4) is 22.4 Å². The average Bonchev–Trinajstić information content (AvgIpc) is 3.60. The van der Waals surface area contributed by atoms with Gasteiger partial charge in [0.25, 0.3) is 0 Å². The van der Waals surface area contributed by atoms with E-state index in [1.807, 2.05) is 11.5 Å². The fourth-order valence-corrected chi connectivity index (χ4v) is 6.16. The lowest BCUT2D eigenvalue weighted by molar-refractivity contribution is -0.129. The van der Waals surface area contributed by atoms with Crippen LogP contribution in [-0.4, -0.2) is 20.7 Å². The Morgan fingerprint density at radius 1 is 0.886 bits per heavy atom. The number of carbonyl (C=O) groups is 1. The van der Waals surface area contributed by atoms with Crippen molar-refractivity contribution in [2.24, 2.45) is 5.92 Å². The maximum atomic E-state index is 12.3. The quantitative estimate of drug-likeness (QED) is 0.268. The molecule has 1 aromatic heterocycles. The predicted octanol–water partition coefficient (Wildman–Crippen LogP) is 7.28. The van der Waals surface area contributed by atoms with Gasteiger partial charge in [-0.2, -0.15) is 0 Å².